The maximum Gasteiger partial charge on any atom is 0.431 e. The number of amides is 1. The molecular weight excluding hydrogens is 296 g/mol. The maximum absolute atomic E-state index is 11.6. The molecule has 0 saturated carbocycles. The molecule has 1 amide bonds. The Morgan fingerprint density at radius 1 is 1.48 bits per heavy atom. The third-order valence-electron chi connectivity index (χ3n) is 3.42. The molecule has 0 saturated heterocycles. The van der Waals surface area contributed by atoms with E-state index in [4.69, 9.17) is 19.6 Å². The fourth-order valence-electron chi connectivity index (χ4n) is 2.33. The Balaban J connectivity index is 1.88. The Kier molecular flexibility index (Phi) is 5.12. The van der Waals surface area contributed by atoms with Crippen LogP contribution in [0.15, 0.2) is 18.2 Å². The molecule has 0 bridgehead atoms. The van der Waals surface area contributed by atoms with Crippen LogP contribution in [0.4, 0.5) is 4.79 Å². The minimum absolute atomic E-state index is 0.176. The zero-order chi connectivity index (χ0) is 17.0. The van der Waals surface area contributed by atoms with Crippen molar-refractivity contribution in [2.75, 3.05) is 0 Å². The first kappa shape index (κ1) is 17.1. The van der Waals surface area contributed by atoms with Crippen molar-refractivity contribution in [1.82, 2.24) is 5.48 Å². The molecule has 0 aliphatic carbocycles. The van der Waals surface area contributed by atoms with Crippen molar-refractivity contribution in [3.8, 4) is 11.8 Å². The molecule has 1 aliphatic rings. The summed E-state index contributed by atoms with van der Waals surface area (Å²) < 4.78 is 11.0. The molecule has 1 N–H and O–H groups in total. The molecule has 0 spiro atoms. The lowest BCUT2D eigenvalue weighted by Gasteiger charge is -2.30. The number of carbonyl (C=O) groups excluding carboxylic acids is 1. The van der Waals surface area contributed by atoms with Gasteiger partial charge in [-0.1, -0.05) is 0 Å². The maximum atomic E-state index is 11.6. The number of nitrogens with one attached hydrogen (secondary N) is 1. The van der Waals surface area contributed by atoms with Crippen LogP contribution in [0.25, 0.3) is 0 Å². The van der Waals surface area contributed by atoms with Crippen LogP contribution >= 0.6 is 0 Å². The molecular formula is C17H22N2O4. The highest BCUT2D eigenvalue weighted by atomic mass is 16.7. The topological polar surface area (TPSA) is 80.6 Å². The highest BCUT2D eigenvalue weighted by Gasteiger charge is 2.27. The number of hydrogen-bond donors (Lipinski definition) is 1. The second kappa shape index (κ2) is 6.88. The molecule has 124 valence electrons. The van der Waals surface area contributed by atoms with E-state index in [1.54, 1.807) is 32.9 Å². The van der Waals surface area contributed by atoms with E-state index in [0.717, 1.165) is 24.2 Å². The lowest BCUT2D eigenvalue weighted by molar-refractivity contribution is -0.0775. The van der Waals surface area contributed by atoms with Gasteiger partial charge in [0.2, 0.25) is 0 Å². The third kappa shape index (κ3) is 4.86. The number of rotatable bonds is 3. The van der Waals surface area contributed by atoms with Crippen molar-refractivity contribution in [2.45, 2.75) is 58.3 Å². The smallest absolute Gasteiger partial charge is 0.431 e. The van der Waals surface area contributed by atoms with Gasteiger partial charge < -0.3 is 9.47 Å². The number of fused-ring (bicyclic) bond motifs is 1. The fourth-order valence-corrected chi connectivity index (χ4v) is 2.33. The largest absolute Gasteiger partial charge is 0.487 e. The van der Waals surface area contributed by atoms with E-state index in [2.05, 4.69) is 11.5 Å². The molecule has 2 atom stereocenters. The summed E-state index contributed by atoms with van der Waals surface area (Å²) in [4.78, 5) is 16.9. The summed E-state index contributed by atoms with van der Waals surface area (Å²) in [5, 5.41) is 8.92. The van der Waals surface area contributed by atoms with Gasteiger partial charge in [-0.25, -0.2) is 4.79 Å². The number of ether oxygens (including phenoxy) is 2. The predicted octanol–water partition coefficient (Wildman–Crippen LogP) is 3.10. The molecule has 0 aromatic heterocycles. The average Bonchev–Trinajstić information content (AvgIpc) is 2.49. The SMILES string of the molecule is CC(ONC(=O)OC(C)(C)C)C1CCc2cc(C#N)ccc2O1. The van der Waals surface area contributed by atoms with E-state index in [1.165, 1.54) is 0 Å². The van der Waals surface area contributed by atoms with Crippen molar-refractivity contribution in [3.05, 3.63) is 29.3 Å². The van der Waals surface area contributed by atoms with Gasteiger partial charge in [-0.15, -0.1) is 0 Å². The van der Waals surface area contributed by atoms with Gasteiger partial charge in [0.05, 0.1) is 11.6 Å². The Labute approximate surface area is 136 Å². The van der Waals surface area contributed by atoms with Crippen molar-refractivity contribution in [1.29, 1.82) is 5.26 Å². The van der Waals surface area contributed by atoms with E-state index in [9.17, 15) is 4.79 Å². The molecule has 6 nitrogen and oxygen atoms in total. The second-order valence-electron chi connectivity index (χ2n) is 6.56. The predicted molar refractivity (Wildman–Crippen MR) is 83.8 cm³/mol. The Morgan fingerprint density at radius 2 is 2.22 bits per heavy atom. The van der Waals surface area contributed by atoms with Crippen LogP contribution in [-0.4, -0.2) is 23.9 Å². The zero-order valence-electron chi connectivity index (χ0n) is 13.9. The molecule has 0 radical (unpaired) electrons. The minimum Gasteiger partial charge on any atom is -0.487 e. The molecule has 1 aliphatic heterocycles. The van der Waals surface area contributed by atoms with Crippen LogP contribution in [0.5, 0.6) is 5.75 Å². The lowest BCUT2D eigenvalue weighted by atomic mass is 9.98. The van der Waals surface area contributed by atoms with Gasteiger partial charge in [0.1, 0.15) is 23.6 Å². The number of carbonyl (C=O) groups is 1. The summed E-state index contributed by atoms with van der Waals surface area (Å²) in [5.74, 6) is 0.757. The van der Waals surface area contributed by atoms with Gasteiger partial charge in [-0.2, -0.15) is 10.7 Å². The van der Waals surface area contributed by atoms with Gasteiger partial charge in [-0.3, -0.25) is 4.84 Å². The van der Waals surface area contributed by atoms with Crippen molar-refractivity contribution in [3.63, 3.8) is 0 Å². The van der Waals surface area contributed by atoms with Crippen molar-refractivity contribution < 1.29 is 19.1 Å². The fraction of sp³-hybridized carbons (Fsp3) is 0.529. The van der Waals surface area contributed by atoms with E-state index in [0.29, 0.717) is 5.56 Å². The normalized spacial score (nSPS) is 18.1. The standard InChI is InChI=1S/C17H22N2O4/c1-11(23-19-16(20)22-17(2,3)4)14-8-6-13-9-12(10-18)5-7-15(13)21-14/h5,7,9,11,14H,6,8H2,1-4H3,(H,19,20). The van der Waals surface area contributed by atoms with Crippen LogP contribution in [0, 0.1) is 11.3 Å². The molecule has 0 fully saturated rings. The summed E-state index contributed by atoms with van der Waals surface area (Å²) in [6, 6.07) is 7.49. The summed E-state index contributed by atoms with van der Waals surface area (Å²) in [6.07, 6.45) is 0.422. The summed E-state index contributed by atoms with van der Waals surface area (Å²) >= 11 is 0. The van der Waals surface area contributed by atoms with E-state index < -0.39 is 11.7 Å². The highest BCUT2D eigenvalue weighted by Crippen LogP contribution is 2.29. The zero-order valence-corrected chi connectivity index (χ0v) is 13.9. The Morgan fingerprint density at radius 3 is 2.87 bits per heavy atom. The van der Waals surface area contributed by atoms with Crippen LogP contribution in [-0.2, 0) is 16.0 Å². The Hall–Kier alpha value is -2.26. The third-order valence-corrected chi connectivity index (χ3v) is 3.42. The molecule has 6 heteroatoms. The number of hydroxylamine groups is 1. The number of aryl methyl sites for hydroxylation is 1. The van der Waals surface area contributed by atoms with Gasteiger partial charge in [0, 0.05) is 0 Å². The number of nitrogens with zero attached hydrogens (tertiary/aromatic N) is 1. The van der Waals surface area contributed by atoms with Gasteiger partial charge in [-0.05, 0) is 64.3 Å². The molecule has 23 heavy (non-hydrogen) atoms. The molecule has 2 rings (SSSR count). The lowest BCUT2D eigenvalue weighted by Crippen LogP contribution is -2.41. The van der Waals surface area contributed by atoms with Crippen LogP contribution in [0.1, 0.15) is 45.2 Å². The number of benzene rings is 1. The van der Waals surface area contributed by atoms with Crippen LogP contribution in [0.2, 0.25) is 0 Å². The number of nitriles is 1. The molecule has 2 unspecified atom stereocenters. The Bertz CT molecular complexity index is 616. The van der Waals surface area contributed by atoms with E-state index in [1.807, 2.05) is 13.0 Å². The monoisotopic (exact) mass is 318 g/mol. The molecule has 1 heterocycles. The summed E-state index contributed by atoms with van der Waals surface area (Å²) in [5.41, 5.74) is 3.37. The van der Waals surface area contributed by atoms with Crippen LogP contribution in [0.3, 0.4) is 0 Å². The summed E-state index contributed by atoms with van der Waals surface area (Å²) in [6.45, 7) is 7.18. The van der Waals surface area contributed by atoms with Gasteiger partial charge in [0.25, 0.3) is 0 Å². The first-order valence-corrected chi connectivity index (χ1v) is 7.63. The van der Waals surface area contributed by atoms with Crippen LogP contribution < -0.4 is 10.2 Å². The first-order valence-electron chi connectivity index (χ1n) is 7.63. The second-order valence-corrected chi connectivity index (χ2v) is 6.56. The first-order chi connectivity index (χ1) is 10.8. The van der Waals surface area contributed by atoms with Crippen molar-refractivity contribution in [2.24, 2.45) is 0 Å². The van der Waals surface area contributed by atoms with Gasteiger partial charge >= 0.3 is 6.09 Å². The average molecular weight is 318 g/mol. The van der Waals surface area contributed by atoms with Crippen molar-refractivity contribution >= 4 is 6.09 Å². The molecule has 1 aromatic carbocycles. The molecule has 1 aromatic rings. The summed E-state index contributed by atoms with van der Waals surface area (Å²) in [7, 11) is 0. The highest BCUT2D eigenvalue weighted by molar-refractivity contribution is 5.66. The van der Waals surface area contributed by atoms with E-state index in [-0.39, 0.29) is 12.2 Å². The van der Waals surface area contributed by atoms with Gasteiger partial charge in [0.15, 0.2) is 0 Å². The van der Waals surface area contributed by atoms with E-state index >= 15 is 0 Å². The number of hydrogen-bond acceptors (Lipinski definition) is 5. The minimum atomic E-state index is -0.626. The quantitative estimate of drug-likeness (QED) is 0.866.